The summed E-state index contributed by atoms with van der Waals surface area (Å²) in [4.78, 5) is 33.6. The van der Waals surface area contributed by atoms with Gasteiger partial charge in [-0.2, -0.15) is 18.4 Å². The largest absolute Gasteiger partial charge is 0.472 e. The number of carbonyl (C=O) groups excluding carboxylic acids is 2. The number of nitriles is 1. The molecule has 0 radical (unpaired) electrons. The van der Waals surface area contributed by atoms with Gasteiger partial charge in [0.2, 0.25) is 5.91 Å². The quantitative estimate of drug-likeness (QED) is 0.560. The number of fused-ring (bicyclic) bond motifs is 1. The Morgan fingerprint density at radius 1 is 1.23 bits per heavy atom. The molecule has 0 aromatic carbocycles. The average molecular weight is 485 g/mol. The lowest BCUT2D eigenvalue weighted by Gasteiger charge is -2.36. The van der Waals surface area contributed by atoms with E-state index in [0.29, 0.717) is 30.6 Å². The highest BCUT2D eigenvalue weighted by molar-refractivity contribution is 5.98. The Bertz CT molecular complexity index is 1320. The first-order valence-electron chi connectivity index (χ1n) is 11.4. The van der Waals surface area contributed by atoms with Crippen LogP contribution in [0, 0.1) is 11.3 Å². The second-order valence-corrected chi connectivity index (χ2v) is 8.92. The van der Waals surface area contributed by atoms with Crippen molar-refractivity contribution in [3.8, 4) is 17.2 Å². The molecule has 2 aliphatic rings. The van der Waals surface area contributed by atoms with Crippen LogP contribution in [-0.2, 0) is 11.2 Å². The maximum Gasteiger partial charge on any atom is 0.393 e. The van der Waals surface area contributed by atoms with Gasteiger partial charge in [-0.05, 0) is 37.8 Å². The fourth-order valence-electron chi connectivity index (χ4n) is 4.70. The van der Waals surface area contributed by atoms with Crippen molar-refractivity contribution in [2.24, 2.45) is 0 Å². The third kappa shape index (κ3) is 4.36. The van der Waals surface area contributed by atoms with E-state index in [1.165, 1.54) is 34.1 Å². The Morgan fingerprint density at radius 3 is 2.66 bits per heavy atom. The number of hydrogen-bond donors (Lipinski definition) is 0. The molecule has 0 atom stereocenters. The number of alkyl halides is 3. The van der Waals surface area contributed by atoms with E-state index in [4.69, 9.17) is 4.42 Å². The monoisotopic (exact) mass is 485 g/mol. The lowest BCUT2D eigenvalue weighted by atomic mass is 9.91. The molecule has 8 nitrogen and oxygen atoms in total. The molecule has 3 aromatic rings. The molecule has 2 amide bonds. The van der Waals surface area contributed by atoms with Gasteiger partial charge in [-0.3, -0.25) is 14.0 Å². The van der Waals surface area contributed by atoms with Crippen molar-refractivity contribution >= 4 is 17.5 Å². The first-order chi connectivity index (χ1) is 16.7. The molecule has 1 aliphatic carbocycles. The van der Waals surface area contributed by atoms with Gasteiger partial charge in [-0.25, -0.2) is 4.98 Å². The zero-order valence-corrected chi connectivity index (χ0v) is 18.7. The number of hydrogen-bond acceptors (Lipinski definition) is 5. The Kier molecular flexibility index (Phi) is 5.75. The van der Waals surface area contributed by atoms with Crippen LogP contribution in [0.4, 0.5) is 13.2 Å². The standard InChI is InChI=1S/C24H22F3N5O3/c25-24(26,27)10-16-9-17(15-5-8-35-14-15)12-32-19(11-28)21(29-22(16)32)23(34)30-6-2-7-31(20(33)13-30)18-3-1-4-18/h5,8-9,12,14,18H,1-4,6-7,10,13H2. The zero-order chi connectivity index (χ0) is 24.7. The molecule has 4 heterocycles. The summed E-state index contributed by atoms with van der Waals surface area (Å²) in [7, 11) is 0. The summed E-state index contributed by atoms with van der Waals surface area (Å²) in [6, 6.07) is 5.05. The van der Waals surface area contributed by atoms with Crippen LogP contribution in [0.3, 0.4) is 0 Å². The highest BCUT2D eigenvalue weighted by Crippen LogP contribution is 2.31. The maximum absolute atomic E-state index is 13.4. The molecule has 1 saturated carbocycles. The molecule has 182 valence electrons. The fraction of sp³-hybridized carbons (Fsp3) is 0.417. The van der Waals surface area contributed by atoms with Crippen LogP contribution < -0.4 is 0 Å². The molecule has 0 spiro atoms. The van der Waals surface area contributed by atoms with Crippen LogP contribution in [0.5, 0.6) is 0 Å². The number of aromatic nitrogens is 2. The van der Waals surface area contributed by atoms with Crippen LogP contribution in [0.1, 0.15) is 47.4 Å². The smallest absolute Gasteiger partial charge is 0.393 e. The van der Waals surface area contributed by atoms with Crippen molar-refractivity contribution < 1.29 is 27.2 Å². The van der Waals surface area contributed by atoms with Crippen molar-refractivity contribution in [1.29, 1.82) is 5.26 Å². The first-order valence-corrected chi connectivity index (χ1v) is 11.4. The molecule has 11 heteroatoms. The first kappa shape index (κ1) is 23.0. The number of rotatable bonds is 4. The summed E-state index contributed by atoms with van der Waals surface area (Å²) < 4.78 is 46.4. The van der Waals surface area contributed by atoms with Crippen molar-refractivity contribution in [3.63, 3.8) is 0 Å². The summed E-state index contributed by atoms with van der Waals surface area (Å²) in [6.07, 6.45) is 1.98. The van der Waals surface area contributed by atoms with Gasteiger partial charge >= 0.3 is 6.18 Å². The van der Waals surface area contributed by atoms with Crippen LogP contribution in [-0.4, -0.2) is 62.9 Å². The Balaban J connectivity index is 1.55. The van der Waals surface area contributed by atoms with E-state index < -0.39 is 18.5 Å². The molecule has 1 aliphatic heterocycles. The van der Waals surface area contributed by atoms with Gasteiger partial charge < -0.3 is 14.2 Å². The zero-order valence-electron chi connectivity index (χ0n) is 18.7. The van der Waals surface area contributed by atoms with Crippen LogP contribution in [0.25, 0.3) is 16.8 Å². The van der Waals surface area contributed by atoms with E-state index in [0.717, 1.165) is 19.3 Å². The van der Waals surface area contributed by atoms with E-state index in [1.54, 1.807) is 6.07 Å². The molecule has 35 heavy (non-hydrogen) atoms. The molecule has 5 rings (SSSR count). The molecule has 0 unspecified atom stereocenters. The number of imidazole rings is 1. The van der Waals surface area contributed by atoms with E-state index in [9.17, 15) is 28.0 Å². The third-order valence-electron chi connectivity index (χ3n) is 6.63. The topological polar surface area (TPSA) is 94.8 Å². The van der Waals surface area contributed by atoms with Gasteiger partial charge in [0.05, 0.1) is 18.9 Å². The number of amides is 2. The molecule has 1 saturated heterocycles. The van der Waals surface area contributed by atoms with Crippen molar-refractivity contribution in [3.05, 3.63) is 47.8 Å². The Hall–Kier alpha value is -3.81. The predicted molar refractivity (Wildman–Crippen MR) is 117 cm³/mol. The number of furan rings is 1. The van der Waals surface area contributed by atoms with Crippen LogP contribution in [0.15, 0.2) is 35.3 Å². The SMILES string of the molecule is N#Cc1c(C(=O)N2CCCN(C3CCC3)C(=O)C2)nc2c(CC(F)(F)F)cc(-c3ccoc3)cn12. The highest BCUT2D eigenvalue weighted by Gasteiger charge is 2.35. The van der Waals surface area contributed by atoms with Crippen molar-refractivity contribution in [2.75, 3.05) is 19.6 Å². The van der Waals surface area contributed by atoms with E-state index in [1.807, 2.05) is 11.0 Å². The number of pyridine rings is 1. The Labute approximate surface area is 198 Å². The van der Waals surface area contributed by atoms with E-state index in [2.05, 4.69) is 4.98 Å². The molecule has 0 N–H and O–H groups in total. The van der Waals surface area contributed by atoms with Gasteiger partial charge in [-0.15, -0.1) is 0 Å². The van der Waals surface area contributed by atoms with Crippen molar-refractivity contribution in [2.45, 2.75) is 44.3 Å². The van der Waals surface area contributed by atoms with E-state index in [-0.39, 0.29) is 41.1 Å². The fourth-order valence-corrected chi connectivity index (χ4v) is 4.70. The van der Waals surface area contributed by atoms with Gasteiger partial charge in [0, 0.05) is 42.0 Å². The molecular weight excluding hydrogens is 463 g/mol. The summed E-state index contributed by atoms with van der Waals surface area (Å²) in [6.45, 7) is 0.694. The summed E-state index contributed by atoms with van der Waals surface area (Å²) in [5.41, 5.74) is 0.188. The molecule has 0 bridgehead atoms. The second kappa shape index (κ2) is 8.76. The average Bonchev–Trinajstić information content (AvgIpc) is 3.38. The van der Waals surface area contributed by atoms with Gasteiger partial charge in [0.25, 0.3) is 5.91 Å². The van der Waals surface area contributed by atoms with Gasteiger partial charge in [0.15, 0.2) is 11.4 Å². The lowest BCUT2D eigenvalue weighted by molar-refractivity contribution is -0.134. The molecular formula is C24H22F3N5O3. The highest BCUT2D eigenvalue weighted by atomic mass is 19.4. The minimum Gasteiger partial charge on any atom is -0.472 e. The van der Waals surface area contributed by atoms with Gasteiger partial charge in [-0.1, -0.05) is 0 Å². The number of halogens is 3. The maximum atomic E-state index is 13.4. The number of nitrogens with zero attached hydrogens (tertiary/aromatic N) is 5. The normalized spacial score (nSPS) is 17.4. The van der Waals surface area contributed by atoms with Crippen molar-refractivity contribution in [1.82, 2.24) is 19.2 Å². The predicted octanol–water partition coefficient (Wildman–Crippen LogP) is 3.80. The number of carbonyl (C=O) groups is 2. The van der Waals surface area contributed by atoms with Gasteiger partial charge in [0.1, 0.15) is 18.3 Å². The Morgan fingerprint density at radius 2 is 2.03 bits per heavy atom. The van der Waals surface area contributed by atoms with Crippen LogP contribution >= 0.6 is 0 Å². The second-order valence-electron chi connectivity index (χ2n) is 8.92. The van der Waals surface area contributed by atoms with E-state index >= 15 is 0 Å². The minimum absolute atomic E-state index is 0.119. The van der Waals surface area contributed by atoms with Crippen LogP contribution in [0.2, 0.25) is 0 Å². The minimum atomic E-state index is -4.53. The summed E-state index contributed by atoms with van der Waals surface area (Å²) in [5, 5.41) is 9.86. The third-order valence-corrected chi connectivity index (χ3v) is 6.63. The summed E-state index contributed by atoms with van der Waals surface area (Å²) >= 11 is 0. The summed E-state index contributed by atoms with van der Waals surface area (Å²) in [5.74, 6) is -0.806. The molecule has 2 fully saturated rings. The molecule has 3 aromatic heterocycles. The lowest BCUT2D eigenvalue weighted by Crippen LogP contribution is -2.47.